The summed E-state index contributed by atoms with van der Waals surface area (Å²) in [4.78, 5) is 0. The van der Waals surface area contributed by atoms with E-state index in [0.29, 0.717) is 6.54 Å². The minimum Gasteiger partial charge on any atom is -0.497 e. The molecule has 0 aliphatic rings. The largest absolute Gasteiger partial charge is 0.497 e. The first-order chi connectivity index (χ1) is 6.36. The summed E-state index contributed by atoms with van der Waals surface area (Å²) >= 11 is 0. The van der Waals surface area contributed by atoms with Crippen molar-refractivity contribution in [2.75, 3.05) is 13.7 Å². The summed E-state index contributed by atoms with van der Waals surface area (Å²) in [6, 6.07) is 9.79. The van der Waals surface area contributed by atoms with Crippen LogP contribution in [0.1, 0.15) is 5.56 Å². The Kier molecular flexibility index (Phi) is 3.80. The van der Waals surface area contributed by atoms with E-state index in [1.165, 1.54) is 0 Å². The van der Waals surface area contributed by atoms with Gasteiger partial charge in [0.1, 0.15) is 5.75 Å². The van der Waals surface area contributed by atoms with Crippen molar-refractivity contribution >= 4 is 0 Å². The molecule has 1 aromatic rings. The molecule has 0 aliphatic heterocycles. The molecule has 1 N–H and O–H groups in total. The molecular formula is C10H12N2O. The highest BCUT2D eigenvalue weighted by molar-refractivity contribution is 5.26. The first-order valence-electron chi connectivity index (χ1n) is 4.07. The molecule has 0 saturated heterocycles. The lowest BCUT2D eigenvalue weighted by atomic mass is 10.2. The Balaban J connectivity index is 2.45. The summed E-state index contributed by atoms with van der Waals surface area (Å²) in [5, 5.41) is 11.3. The molecule has 0 fully saturated rings. The Hall–Kier alpha value is -1.53. The topological polar surface area (TPSA) is 45.0 Å². The number of rotatable bonds is 4. The van der Waals surface area contributed by atoms with Crippen LogP contribution in [0.2, 0.25) is 0 Å². The average Bonchev–Trinajstić information content (AvgIpc) is 2.19. The Morgan fingerprint density at radius 3 is 2.62 bits per heavy atom. The second kappa shape index (κ2) is 5.18. The predicted octanol–water partition coefficient (Wildman–Crippen LogP) is 1.31. The van der Waals surface area contributed by atoms with Crippen molar-refractivity contribution in [3.05, 3.63) is 29.8 Å². The Bertz CT molecular complexity index is 287. The fourth-order valence-corrected chi connectivity index (χ4v) is 1.01. The van der Waals surface area contributed by atoms with E-state index >= 15 is 0 Å². The molecule has 68 valence electrons. The third-order valence-corrected chi connectivity index (χ3v) is 1.69. The molecule has 0 bridgehead atoms. The van der Waals surface area contributed by atoms with Crippen LogP contribution < -0.4 is 10.1 Å². The van der Waals surface area contributed by atoms with E-state index in [9.17, 15) is 0 Å². The zero-order valence-electron chi connectivity index (χ0n) is 7.58. The molecule has 1 aromatic carbocycles. The standard InChI is InChI=1S/C10H12N2O/c1-13-10-4-2-9(3-5-10)8-12-7-6-11/h2-5,12H,7-8H2,1H3. The number of benzene rings is 1. The number of ether oxygens (including phenoxy) is 1. The summed E-state index contributed by atoms with van der Waals surface area (Å²) in [7, 11) is 1.64. The fraction of sp³-hybridized carbons (Fsp3) is 0.300. The van der Waals surface area contributed by atoms with Crippen molar-refractivity contribution in [2.45, 2.75) is 6.54 Å². The van der Waals surface area contributed by atoms with Gasteiger partial charge in [-0.25, -0.2) is 0 Å². The number of methoxy groups -OCH3 is 1. The Morgan fingerprint density at radius 2 is 2.08 bits per heavy atom. The van der Waals surface area contributed by atoms with Gasteiger partial charge in [0.2, 0.25) is 0 Å². The van der Waals surface area contributed by atoms with Crippen LogP contribution in [0.25, 0.3) is 0 Å². The first-order valence-corrected chi connectivity index (χ1v) is 4.07. The SMILES string of the molecule is COc1ccc(CNCC#N)cc1. The molecule has 0 radical (unpaired) electrons. The van der Waals surface area contributed by atoms with E-state index < -0.39 is 0 Å². The average molecular weight is 176 g/mol. The van der Waals surface area contributed by atoms with Gasteiger partial charge in [-0.3, -0.25) is 0 Å². The number of nitrogens with one attached hydrogen (secondary N) is 1. The number of nitrogens with zero attached hydrogens (tertiary/aromatic N) is 1. The second-order valence-electron chi connectivity index (χ2n) is 2.61. The van der Waals surface area contributed by atoms with Crippen LogP contribution in [0.15, 0.2) is 24.3 Å². The van der Waals surface area contributed by atoms with E-state index in [0.717, 1.165) is 17.9 Å². The van der Waals surface area contributed by atoms with Crippen molar-refractivity contribution in [2.24, 2.45) is 0 Å². The lowest BCUT2D eigenvalue weighted by Gasteiger charge is -2.02. The molecule has 13 heavy (non-hydrogen) atoms. The van der Waals surface area contributed by atoms with Crippen LogP contribution in [0.3, 0.4) is 0 Å². The molecule has 0 heterocycles. The van der Waals surface area contributed by atoms with Gasteiger partial charge in [0.15, 0.2) is 0 Å². The van der Waals surface area contributed by atoms with Crippen molar-refractivity contribution in [3.8, 4) is 11.8 Å². The van der Waals surface area contributed by atoms with E-state index in [2.05, 4.69) is 5.32 Å². The van der Waals surface area contributed by atoms with Gasteiger partial charge >= 0.3 is 0 Å². The van der Waals surface area contributed by atoms with E-state index in [-0.39, 0.29) is 0 Å². The van der Waals surface area contributed by atoms with Gasteiger partial charge in [-0.2, -0.15) is 5.26 Å². The highest BCUT2D eigenvalue weighted by atomic mass is 16.5. The molecule has 0 amide bonds. The summed E-state index contributed by atoms with van der Waals surface area (Å²) in [5.41, 5.74) is 1.15. The monoisotopic (exact) mass is 176 g/mol. The van der Waals surface area contributed by atoms with Gasteiger partial charge in [0.25, 0.3) is 0 Å². The number of nitriles is 1. The molecule has 3 heteroatoms. The van der Waals surface area contributed by atoms with Crippen LogP contribution in [-0.2, 0) is 6.54 Å². The van der Waals surface area contributed by atoms with E-state index in [4.69, 9.17) is 10.00 Å². The maximum Gasteiger partial charge on any atom is 0.118 e. The van der Waals surface area contributed by atoms with Gasteiger partial charge in [-0.15, -0.1) is 0 Å². The van der Waals surface area contributed by atoms with Crippen LogP contribution >= 0.6 is 0 Å². The normalized spacial score (nSPS) is 9.23. The van der Waals surface area contributed by atoms with Gasteiger partial charge in [-0.05, 0) is 17.7 Å². The first kappa shape index (κ1) is 9.56. The van der Waals surface area contributed by atoms with Crippen molar-refractivity contribution < 1.29 is 4.74 Å². The van der Waals surface area contributed by atoms with Crippen LogP contribution in [0.5, 0.6) is 5.75 Å². The van der Waals surface area contributed by atoms with Gasteiger partial charge < -0.3 is 10.1 Å². The van der Waals surface area contributed by atoms with Crippen molar-refractivity contribution in [3.63, 3.8) is 0 Å². The fourth-order valence-electron chi connectivity index (χ4n) is 1.01. The van der Waals surface area contributed by atoms with E-state index in [1.807, 2.05) is 30.3 Å². The van der Waals surface area contributed by atoms with Gasteiger partial charge in [0.05, 0.1) is 19.7 Å². The zero-order chi connectivity index (χ0) is 9.52. The maximum atomic E-state index is 8.29. The summed E-state index contributed by atoms with van der Waals surface area (Å²) in [6.45, 7) is 1.10. The molecule has 0 aromatic heterocycles. The lowest BCUT2D eigenvalue weighted by molar-refractivity contribution is 0.414. The summed E-state index contributed by atoms with van der Waals surface area (Å²) in [5.74, 6) is 0.851. The molecule has 0 atom stereocenters. The molecule has 1 rings (SSSR count). The number of hydrogen-bond acceptors (Lipinski definition) is 3. The molecule has 0 aliphatic carbocycles. The molecule has 0 unspecified atom stereocenters. The maximum absolute atomic E-state index is 8.29. The molecule has 0 saturated carbocycles. The Labute approximate surface area is 77.9 Å². The quantitative estimate of drug-likeness (QED) is 0.555. The van der Waals surface area contributed by atoms with Crippen LogP contribution in [0.4, 0.5) is 0 Å². The highest BCUT2D eigenvalue weighted by Crippen LogP contribution is 2.10. The molecular weight excluding hydrogens is 164 g/mol. The predicted molar refractivity (Wildman–Crippen MR) is 50.3 cm³/mol. The summed E-state index contributed by atoms with van der Waals surface area (Å²) in [6.07, 6.45) is 0. The van der Waals surface area contributed by atoms with Crippen molar-refractivity contribution in [1.29, 1.82) is 5.26 Å². The minimum atomic E-state index is 0.381. The smallest absolute Gasteiger partial charge is 0.118 e. The zero-order valence-corrected chi connectivity index (χ0v) is 7.58. The Morgan fingerprint density at radius 1 is 1.38 bits per heavy atom. The lowest BCUT2D eigenvalue weighted by Crippen LogP contribution is -2.12. The minimum absolute atomic E-state index is 0.381. The van der Waals surface area contributed by atoms with E-state index in [1.54, 1.807) is 7.11 Å². The molecule has 3 nitrogen and oxygen atoms in total. The van der Waals surface area contributed by atoms with Crippen molar-refractivity contribution in [1.82, 2.24) is 5.32 Å². The second-order valence-corrected chi connectivity index (χ2v) is 2.61. The molecule has 0 spiro atoms. The van der Waals surface area contributed by atoms with Crippen LogP contribution in [-0.4, -0.2) is 13.7 Å². The van der Waals surface area contributed by atoms with Gasteiger partial charge in [0, 0.05) is 6.54 Å². The van der Waals surface area contributed by atoms with Gasteiger partial charge in [-0.1, -0.05) is 12.1 Å². The van der Waals surface area contributed by atoms with Crippen LogP contribution in [0, 0.1) is 11.3 Å². The third-order valence-electron chi connectivity index (χ3n) is 1.69. The number of hydrogen-bond donors (Lipinski definition) is 1. The highest BCUT2D eigenvalue weighted by Gasteiger charge is 1.92. The summed E-state index contributed by atoms with van der Waals surface area (Å²) < 4.78 is 5.02. The third kappa shape index (κ3) is 3.14.